The Hall–Kier alpha value is -4.17. The van der Waals surface area contributed by atoms with Gasteiger partial charge in [-0.2, -0.15) is 0 Å². The number of alkyl carbamates (subject to hydrolysis) is 1. The monoisotopic (exact) mass is 548 g/mol. The molecule has 10 heteroatoms. The van der Waals surface area contributed by atoms with E-state index in [-0.39, 0.29) is 12.1 Å². The molecule has 2 aromatic rings. The predicted octanol–water partition coefficient (Wildman–Crippen LogP) is 2.71. The predicted molar refractivity (Wildman–Crippen MR) is 150 cm³/mol. The number of carbonyl (C=O) groups excluding carboxylic acids is 3. The smallest absolute Gasteiger partial charge is 0.407 e. The summed E-state index contributed by atoms with van der Waals surface area (Å²) in [4.78, 5) is 38.9. The number of ether oxygens (including phenoxy) is 2. The van der Waals surface area contributed by atoms with Crippen molar-refractivity contribution in [2.24, 2.45) is 0 Å². The molecule has 4 N–H and O–H groups in total. The van der Waals surface area contributed by atoms with Crippen LogP contribution in [0.4, 0.5) is 4.79 Å². The SMILES string of the molecule is CC(C)(C)OC(=O)NC[C@H](NC(=O)c1ccc(C#CC=Cc2ccc(CN3CCOCC3)cc2)cc1)C(=O)NO. The summed E-state index contributed by atoms with van der Waals surface area (Å²) >= 11 is 0. The van der Waals surface area contributed by atoms with Crippen molar-refractivity contribution in [2.45, 2.75) is 39.0 Å². The second-order valence-electron chi connectivity index (χ2n) is 10.2. The molecular weight excluding hydrogens is 512 g/mol. The fourth-order valence-electron chi connectivity index (χ4n) is 3.75. The third-order valence-corrected chi connectivity index (χ3v) is 5.79. The molecule has 1 aliphatic heterocycles. The molecule has 0 spiro atoms. The van der Waals surface area contributed by atoms with E-state index in [4.69, 9.17) is 14.7 Å². The van der Waals surface area contributed by atoms with Crippen molar-refractivity contribution in [1.82, 2.24) is 21.0 Å². The number of amides is 3. The molecule has 0 aliphatic carbocycles. The summed E-state index contributed by atoms with van der Waals surface area (Å²) in [7, 11) is 0. The number of hydrogen-bond donors (Lipinski definition) is 4. The minimum atomic E-state index is -1.22. The molecule has 1 heterocycles. The highest BCUT2D eigenvalue weighted by Gasteiger charge is 2.23. The second kappa shape index (κ2) is 14.8. The Morgan fingerprint density at radius 2 is 1.75 bits per heavy atom. The molecule has 1 aliphatic rings. The van der Waals surface area contributed by atoms with E-state index in [0.717, 1.165) is 38.4 Å². The van der Waals surface area contributed by atoms with Crippen LogP contribution in [-0.2, 0) is 20.8 Å². The average molecular weight is 549 g/mol. The number of nitrogens with zero attached hydrogens (tertiary/aromatic N) is 1. The summed E-state index contributed by atoms with van der Waals surface area (Å²) in [5.41, 5.74) is 4.06. The number of rotatable bonds is 8. The van der Waals surface area contributed by atoms with Crippen molar-refractivity contribution in [3.63, 3.8) is 0 Å². The van der Waals surface area contributed by atoms with Crippen molar-refractivity contribution in [1.29, 1.82) is 0 Å². The van der Waals surface area contributed by atoms with Gasteiger partial charge in [-0.3, -0.25) is 19.7 Å². The van der Waals surface area contributed by atoms with Crippen LogP contribution in [0.2, 0.25) is 0 Å². The van der Waals surface area contributed by atoms with E-state index in [1.54, 1.807) is 51.1 Å². The highest BCUT2D eigenvalue weighted by atomic mass is 16.6. The van der Waals surface area contributed by atoms with Crippen LogP contribution in [0, 0.1) is 11.8 Å². The van der Waals surface area contributed by atoms with Gasteiger partial charge >= 0.3 is 6.09 Å². The molecule has 2 aromatic carbocycles. The van der Waals surface area contributed by atoms with Crippen molar-refractivity contribution in [2.75, 3.05) is 32.8 Å². The van der Waals surface area contributed by atoms with Gasteiger partial charge in [0.05, 0.1) is 19.8 Å². The van der Waals surface area contributed by atoms with E-state index in [9.17, 15) is 14.4 Å². The molecule has 0 unspecified atom stereocenters. The largest absolute Gasteiger partial charge is 0.444 e. The summed E-state index contributed by atoms with van der Waals surface area (Å²) in [5, 5.41) is 13.9. The summed E-state index contributed by atoms with van der Waals surface area (Å²) in [5.74, 6) is 4.57. The third-order valence-electron chi connectivity index (χ3n) is 5.79. The lowest BCUT2D eigenvalue weighted by molar-refractivity contribution is -0.131. The molecule has 0 radical (unpaired) electrons. The van der Waals surface area contributed by atoms with E-state index < -0.39 is 29.6 Å². The van der Waals surface area contributed by atoms with E-state index in [1.165, 1.54) is 11.0 Å². The van der Waals surface area contributed by atoms with Gasteiger partial charge in [0.1, 0.15) is 11.6 Å². The minimum absolute atomic E-state index is 0.278. The van der Waals surface area contributed by atoms with Gasteiger partial charge in [-0.25, -0.2) is 10.3 Å². The minimum Gasteiger partial charge on any atom is -0.444 e. The Kier molecular flexibility index (Phi) is 11.3. The lowest BCUT2D eigenvalue weighted by atomic mass is 10.1. The Bertz CT molecular complexity index is 1230. The van der Waals surface area contributed by atoms with Gasteiger partial charge in [0.15, 0.2) is 0 Å². The fraction of sp³-hybridized carbons (Fsp3) is 0.367. The van der Waals surface area contributed by atoms with Crippen LogP contribution in [0.1, 0.15) is 47.8 Å². The van der Waals surface area contributed by atoms with Gasteiger partial charge in [0.2, 0.25) is 0 Å². The van der Waals surface area contributed by atoms with Gasteiger partial charge in [-0.05, 0) is 68.3 Å². The number of hydroxylamine groups is 1. The first kappa shape index (κ1) is 30.4. The standard InChI is InChI=1S/C30H36N4O6/c1-30(2,3)40-29(37)31-20-26(28(36)33-38)32-27(35)25-14-12-23(13-15-25)7-5-4-6-22-8-10-24(11-9-22)21-34-16-18-39-19-17-34/h4,6,8-15,26,38H,16-21H2,1-3H3,(H,31,37)(H,32,35)(H,33,36)/t26-/m0/s1. The van der Waals surface area contributed by atoms with Gasteiger partial charge in [-0.15, -0.1) is 0 Å². The number of carbonyl (C=O) groups is 3. The van der Waals surface area contributed by atoms with Crippen LogP contribution in [0.15, 0.2) is 54.6 Å². The molecule has 40 heavy (non-hydrogen) atoms. The Morgan fingerprint density at radius 1 is 1.07 bits per heavy atom. The normalized spacial score (nSPS) is 14.5. The van der Waals surface area contributed by atoms with Crippen LogP contribution >= 0.6 is 0 Å². The van der Waals surface area contributed by atoms with Gasteiger partial charge in [0.25, 0.3) is 11.8 Å². The zero-order chi connectivity index (χ0) is 29.0. The summed E-state index contributed by atoms with van der Waals surface area (Å²) in [6, 6.07) is 13.7. The first-order chi connectivity index (χ1) is 19.1. The fourth-order valence-corrected chi connectivity index (χ4v) is 3.75. The zero-order valence-corrected chi connectivity index (χ0v) is 23.0. The molecule has 1 atom stereocenters. The van der Waals surface area contributed by atoms with Crippen LogP contribution in [0.5, 0.6) is 0 Å². The summed E-state index contributed by atoms with van der Waals surface area (Å²) in [6.07, 6.45) is 2.95. The Labute approximate surface area is 234 Å². The first-order valence-corrected chi connectivity index (χ1v) is 13.0. The lowest BCUT2D eigenvalue weighted by Crippen LogP contribution is -2.52. The van der Waals surface area contributed by atoms with E-state index in [1.807, 2.05) is 6.08 Å². The van der Waals surface area contributed by atoms with Crippen molar-refractivity contribution >= 4 is 24.0 Å². The highest BCUT2D eigenvalue weighted by molar-refractivity contribution is 5.97. The van der Waals surface area contributed by atoms with Crippen LogP contribution in [-0.4, -0.2) is 72.5 Å². The van der Waals surface area contributed by atoms with Gasteiger partial charge in [-0.1, -0.05) is 36.1 Å². The average Bonchev–Trinajstić information content (AvgIpc) is 2.93. The van der Waals surface area contributed by atoms with Gasteiger partial charge < -0.3 is 20.1 Å². The zero-order valence-electron chi connectivity index (χ0n) is 23.0. The van der Waals surface area contributed by atoms with Crippen LogP contribution < -0.4 is 16.1 Å². The molecule has 0 saturated carbocycles. The molecule has 3 rings (SSSR count). The number of allylic oxidation sites excluding steroid dienone is 1. The van der Waals surface area contributed by atoms with Gasteiger partial charge in [0, 0.05) is 30.8 Å². The van der Waals surface area contributed by atoms with Crippen molar-refractivity contribution in [3.05, 3.63) is 76.9 Å². The lowest BCUT2D eigenvalue weighted by Gasteiger charge is -2.26. The van der Waals surface area contributed by atoms with E-state index in [0.29, 0.717) is 5.56 Å². The molecule has 10 nitrogen and oxygen atoms in total. The maximum Gasteiger partial charge on any atom is 0.407 e. The topological polar surface area (TPSA) is 129 Å². The number of benzene rings is 2. The first-order valence-electron chi connectivity index (χ1n) is 13.0. The maximum atomic E-state index is 12.6. The van der Waals surface area contributed by atoms with Crippen molar-refractivity contribution < 1.29 is 29.1 Å². The molecule has 0 aromatic heterocycles. The molecule has 1 fully saturated rings. The highest BCUT2D eigenvalue weighted by Crippen LogP contribution is 2.11. The molecule has 0 bridgehead atoms. The van der Waals surface area contributed by atoms with E-state index in [2.05, 4.69) is 51.6 Å². The Balaban J connectivity index is 1.51. The Morgan fingerprint density at radius 3 is 2.38 bits per heavy atom. The van der Waals surface area contributed by atoms with Crippen LogP contribution in [0.3, 0.4) is 0 Å². The van der Waals surface area contributed by atoms with Crippen molar-refractivity contribution in [3.8, 4) is 11.8 Å². The second-order valence-corrected chi connectivity index (χ2v) is 10.2. The molecular formula is C30H36N4O6. The van der Waals surface area contributed by atoms with E-state index >= 15 is 0 Å². The summed E-state index contributed by atoms with van der Waals surface area (Å²) in [6.45, 7) is 9.21. The number of nitrogens with one attached hydrogen (secondary N) is 3. The molecule has 3 amide bonds. The maximum absolute atomic E-state index is 12.6. The quantitative estimate of drug-likeness (QED) is 0.227. The van der Waals surface area contributed by atoms with Crippen LogP contribution in [0.25, 0.3) is 6.08 Å². The molecule has 1 saturated heterocycles. The number of morpholine rings is 1. The number of hydrogen-bond acceptors (Lipinski definition) is 7. The third kappa shape index (κ3) is 10.5. The summed E-state index contributed by atoms with van der Waals surface area (Å²) < 4.78 is 10.5. The molecule has 212 valence electrons.